The van der Waals surface area contributed by atoms with Crippen LogP contribution >= 0.6 is 15.9 Å². The third kappa shape index (κ3) is 4.10. The van der Waals surface area contributed by atoms with Gasteiger partial charge in [-0.25, -0.2) is 0 Å². The van der Waals surface area contributed by atoms with Crippen molar-refractivity contribution in [1.82, 2.24) is 10.2 Å². The Bertz CT molecular complexity index is 486. The van der Waals surface area contributed by atoms with Crippen LogP contribution in [0.25, 0.3) is 0 Å². The van der Waals surface area contributed by atoms with Crippen molar-refractivity contribution in [3.63, 3.8) is 0 Å². The topological polar surface area (TPSA) is 32.3 Å². The molecule has 5 fully saturated rings. The summed E-state index contributed by atoms with van der Waals surface area (Å²) in [7, 11) is 0. The molecule has 2 unspecified atom stereocenters. The molecule has 1 saturated heterocycles. The quantitative estimate of drug-likeness (QED) is 0.653. The predicted molar refractivity (Wildman–Crippen MR) is 106 cm³/mol. The number of nitrogens with zero attached hydrogens (tertiary/aromatic N) is 1. The zero-order valence-electron chi connectivity index (χ0n) is 15.9. The Morgan fingerprint density at radius 1 is 1.16 bits per heavy atom. The second-order valence-electron chi connectivity index (χ2n) is 9.83. The van der Waals surface area contributed by atoms with Gasteiger partial charge in [-0.15, -0.1) is 0 Å². The van der Waals surface area contributed by atoms with Crippen LogP contribution in [-0.4, -0.2) is 40.8 Å². The lowest BCUT2D eigenvalue weighted by atomic mass is 9.48. The first-order valence-electron chi connectivity index (χ1n) is 10.7. The van der Waals surface area contributed by atoms with Crippen LogP contribution < -0.4 is 5.32 Å². The van der Waals surface area contributed by atoms with Crippen molar-refractivity contribution in [3.05, 3.63) is 0 Å². The van der Waals surface area contributed by atoms with Gasteiger partial charge in [0.1, 0.15) is 0 Å². The molecule has 5 aliphatic rings. The highest BCUT2D eigenvalue weighted by Crippen LogP contribution is 2.65. The van der Waals surface area contributed by atoms with Crippen LogP contribution in [0.2, 0.25) is 0 Å². The molecule has 1 amide bonds. The number of alkyl halides is 1. The number of carbonyl (C=O) groups is 1. The standard InChI is InChI=1S/C21H35BrN2O/c1-2-3-6-24-7-4-18(5-8-24)23-19(25)14-20-10-16-9-17(11-20)13-21(22,12-16)15-20/h16-18H,2-15H2,1H3,(H,23,25). The smallest absolute Gasteiger partial charge is 0.220 e. The van der Waals surface area contributed by atoms with E-state index in [-0.39, 0.29) is 0 Å². The van der Waals surface area contributed by atoms with E-state index in [4.69, 9.17) is 0 Å². The van der Waals surface area contributed by atoms with Crippen LogP contribution in [0, 0.1) is 17.3 Å². The number of amides is 1. The largest absolute Gasteiger partial charge is 0.353 e. The zero-order valence-corrected chi connectivity index (χ0v) is 17.5. The summed E-state index contributed by atoms with van der Waals surface area (Å²) in [6.07, 6.45) is 13.6. The number of hydrogen-bond acceptors (Lipinski definition) is 2. The van der Waals surface area contributed by atoms with Crippen molar-refractivity contribution in [2.75, 3.05) is 19.6 Å². The van der Waals surface area contributed by atoms with Gasteiger partial charge in [0, 0.05) is 29.9 Å². The summed E-state index contributed by atoms with van der Waals surface area (Å²) in [5, 5.41) is 3.40. The van der Waals surface area contributed by atoms with Crippen molar-refractivity contribution >= 4 is 21.8 Å². The van der Waals surface area contributed by atoms with Gasteiger partial charge in [0.05, 0.1) is 0 Å². The SMILES string of the molecule is CCCCN1CCC(NC(=O)CC23CC4CC(CC(Br)(C4)C2)C3)CC1. The molecular formula is C21H35BrN2O. The maximum absolute atomic E-state index is 12.8. The van der Waals surface area contributed by atoms with Gasteiger partial charge in [0.2, 0.25) is 5.91 Å². The maximum Gasteiger partial charge on any atom is 0.220 e. The number of likely N-dealkylation sites (tertiary alicyclic amines) is 1. The van der Waals surface area contributed by atoms with E-state index in [0.29, 0.717) is 21.7 Å². The molecule has 4 bridgehead atoms. The van der Waals surface area contributed by atoms with E-state index in [0.717, 1.165) is 44.2 Å². The molecule has 0 spiro atoms. The first-order valence-corrected chi connectivity index (χ1v) is 11.5. The van der Waals surface area contributed by atoms with Gasteiger partial charge in [-0.3, -0.25) is 4.79 Å². The van der Waals surface area contributed by atoms with Crippen LogP contribution in [0.4, 0.5) is 0 Å². The van der Waals surface area contributed by atoms with E-state index in [1.165, 1.54) is 57.9 Å². The molecule has 1 N–H and O–H groups in total. The van der Waals surface area contributed by atoms with Crippen molar-refractivity contribution in [3.8, 4) is 0 Å². The Labute approximate surface area is 161 Å². The van der Waals surface area contributed by atoms with Crippen molar-refractivity contribution in [2.24, 2.45) is 17.3 Å². The number of halogens is 1. The molecule has 3 nitrogen and oxygen atoms in total. The molecule has 4 saturated carbocycles. The lowest BCUT2D eigenvalue weighted by Gasteiger charge is -2.60. The number of piperidine rings is 1. The molecule has 0 aromatic rings. The fraction of sp³-hybridized carbons (Fsp3) is 0.952. The Kier molecular flexibility index (Phi) is 5.22. The number of carbonyl (C=O) groups excluding carboxylic acids is 1. The Hall–Kier alpha value is -0.0900. The van der Waals surface area contributed by atoms with Gasteiger partial charge in [0.25, 0.3) is 0 Å². The van der Waals surface area contributed by atoms with Gasteiger partial charge in [-0.05, 0) is 81.6 Å². The summed E-state index contributed by atoms with van der Waals surface area (Å²) in [6.45, 7) is 5.81. The maximum atomic E-state index is 12.8. The van der Waals surface area contributed by atoms with E-state index in [2.05, 4.69) is 33.1 Å². The summed E-state index contributed by atoms with van der Waals surface area (Å²) >= 11 is 4.07. The van der Waals surface area contributed by atoms with Gasteiger partial charge in [-0.2, -0.15) is 0 Å². The third-order valence-corrected chi connectivity index (χ3v) is 8.35. The molecule has 1 heterocycles. The Morgan fingerprint density at radius 3 is 2.44 bits per heavy atom. The van der Waals surface area contributed by atoms with Crippen LogP contribution in [0.3, 0.4) is 0 Å². The molecule has 1 aliphatic heterocycles. The number of nitrogens with one attached hydrogen (secondary N) is 1. The molecule has 0 aromatic carbocycles. The molecule has 142 valence electrons. The minimum atomic E-state index is 0.305. The van der Waals surface area contributed by atoms with Crippen LogP contribution in [0.5, 0.6) is 0 Å². The molecule has 0 radical (unpaired) electrons. The summed E-state index contributed by atoms with van der Waals surface area (Å²) in [5.41, 5.74) is 0.305. The number of hydrogen-bond donors (Lipinski definition) is 1. The first-order chi connectivity index (χ1) is 12.0. The number of unbranched alkanes of at least 4 members (excludes halogenated alkanes) is 1. The Morgan fingerprint density at radius 2 is 1.84 bits per heavy atom. The van der Waals surface area contributed by atoms with Gasteiger partial charge >= 0.3 is 0 Å². The third-order valence-electron chi connectivity index (χ3n) is 7.43. The summed E-state index contributed by atoms with van der Waals surface area (Å²) in [5.74, 6) is 2.08. The highest BCUT2D eigenvalue weighted by molar-refractivity contribution is 9.10. The second-order valence-corrected chi connectivity index (χ2v) is 11.5. The summed E-state index contributed by atoms with van der Waals surface area (Å²) in [6, 6.07) is 0.414. The monoisotopic (exact) mass is 410 g/mol. The highest BCUT2D eigenvalue weighted by Gasteiger charge is 2.57. The fourth-order valence-corrected chi connectivity index (χ4v) is 8.36. The van der Waals surface area contributed by atoms with Crippen LogP contribution in [0.1, 0.15) is 77.6 Å². The molecule has 0 aromatic heterocycles. The molecule has 4 heteroatoms. The van der Waals surface area contributed by atoms with Gasteiger partial charge < -0.3 is 10.2 Å². The summed E-state index contributed by atoms with van der Waals surface area (Å²) < 4.78 is 0.363. The van der Waals surface area contributed by atoms with Crippen LogP contribution in [-0.2, 0) is 4.79 Å². The average molecular weight is 411 g/mol. The normalized spacial score (nSPS) is 41.2. The average Bonchev–Trinajstić information content (AvgIpc) is 2.51. The van der Waals surface area contributed by atoms with Crippen molar-refractivity contribution < 1.29 is 4.79 Å². The van der Waals surface area contributed by atoms with E-state index >= 15 is 0 Å². The van der Waals surface area contributed by atoms with E-state index in [9.17, 15) is 4.79 Å². The van der Waals surface area contributed by atoms with Crippen molar-refractivity contribution in [1.29, 1.82) is 0 Å². The number of rotatable bonds is 6. The lowest BCUT2D eigenvalue weighted by molar-refractivity contribution is -0.129. The molecule has 5 rings (SSSR count). The van der Waals surface area contributed by atoms with E-state index < -0.39 is 0 Å². The lowest BCUT2D eigenvalue weighted by Crippen LogP contribution is -2.54. The predicted octanol–water partition coefficient (Wildman–Crippen LogP) is 4.49. The van der Waals surface area contributed by atoms with Crippen molar-refractivity contribution in [2.45, 2.75) is 87.9 Å². The minimum Gasteiger partial charge on any atom is -0.353 e. The van der Waals surface area contributed by atoms with E-state index in [1.54, 1.807) is 0 Å². The second kappa shape index (κ2) is 7.14. The molecule has 4 aliphatic carbocycles. The van der Waals surface area contributed by atoms with E-state index in [1.807, 2.05) is 0 Å². The molecule has 2 atom stereocenters. The molecular weight excluding hydrogens is 376 g/mol. The van der Waals surface area contributed by atoms with Gasteiger partial charge in [0.15, 0.2) is 0 Å². The fourth-order valence-electron chi connectivity index (χ4n) is 6.84. The van der Waals surface area contributed by atoms with Crippen LogP contribution in [0.15, 0.2) is 0 Å². The minimum absolute atomic E-state index is 0.305. The highest BCUT2D eigenvalue weighted by atomic mass is 79.9. The molecule has 25 heavy (non-hydrogen) atoms. The van der Waals surface area contributed by atoms with Gasteiger partial charge in [-0.1, -0.05) is 29.3 Å². The Balaban J connectivity index is 1.27. The first kappa shape index (κ1) is 18.3. The zero-order chi connectivity index (χ0) is 17.5. The summed E-state index contributed by atoms with van der Waals surface area (Å²) in [4.78, 5) is 15.4.